The molecule has 0 spiro atoms. The standard InChI is InChI=1S/C20H17BrN4OS/c1-13-3-2-4-15(11-13)18-23-20-25(24-18)17(12-27-20)9-10-22-19(26)14-5-7-16(21)8-6-14/h2-8,11-12H,9-10H2,1H3,(H,22,26). The summed E-state index contributed by atoms with van der Waals surface area (Å²) in [5.74, 6) is 0.652. The van der Waals surface area contributed by atoms with Crippen LogP contribution in [0.3, 0.4) is 0 Å². The third kappa shape index (κ3) is 3.94. The number of nitrogens with zero attached hydrogens (tertiary/aromatic N) is 3. The number of fused-ring (bicyclic) bond motifs is 1. The van der Waals surface area contributed by atoms with E-state index in [4.69, 9.17) is 0 Å². The summed E-state index contributed by atoms with van der Waals surface area (Å²) in [5, 5.41) is 9.65. The van der Waals surface area contributed by atoms with E-state index in [0.29, 0.717) is 18.5 Å². The molecule has 27 heavy (non-hydrogen) atoms. The Morgan fingerprint density at radius 3 is 2.81 bits per heavy atom. The zero-order chi connectivity index (χ0) is 18.8. The highest BCUT2D eigenvalue weighted by molar-refractivity contribution is 9.10. The second-order valence-electron chi connectivity index (χ2n) is 6.24. The van der Waals surface area contributed by atoms with Crippen LogP contribution in [0.25, 0.3) is 16.3 Å². The lowest BCUT2D eigenvalue weighted by molar-refractivity contribution is 0.0954. The molecule has 0 bridgehead atoms. The molecule has 0 saturated heterocycles. The zero-order valence-corrected chi connectivity index (χ0v) is 17.0. The number of aromatic nitrogens is 3. The SMILES string of the molecule is Cc1cccc(-c2nc3scc(CCNC(=O)c4ccc(Br)cc4)n3n2)c1. The third-order valence-corrected chi connectivity index (χ3v) is 5.59. The number of aryl methyl sites for hydroxylation is 1. The number of nitrogens with one attached hydrogen (secondary N) is 1. The van der Waals surface area contributed by atoms with E-state index in [1.165, 1.54) is 5.56 Å². The van der Waals surface area contributed by atoms with Crippen molar-refractivity contribution in [2.75, 3.05) is 6.54 Å². The molecule has 0 radical (unpaired) electrons. The van der Waals surface area contributed by atoms with Gasteiger partial charge in [0.1, 0.15) is 0 Å². The van der Waals surface area contributed by atoms with Crippen LogP contribution in [-0.2, 0) is 6.42 Å². The van der Waals surface area contributed by atoms with Gasteiger partial charge < -0.3 is 5.32 Å². The van der Waals surface area contributed by atoms with E-state index in [2.05, 4.69) is 50.4 Å². The molecule has 0 saturated carbocycles. The molecule has 0 fully saturated rings. The first-order valence-electron chi connectivity index (χ1n) is 8.54. The Labute approximate surface area is 169 Å². The topological polar surface area (TPSA) is 59.3 Å². The Hall–Kier alpha value is -2.51. The minimum absolute atomic E-state index is 0.0759. The molecule has 136 valence electrons. The van der Waals surface area contributed by atoms with E-state index in [1.807, 2.05) is 34.2 Å². The van der Waals surface area contributed by atoms with E-state index < -0.39 is 0 Å². The fraction of sp³-hybridized carbons (Fsp3) is 0.150. The number of thiazole rings is 1. The molecule has 0 atom stereocenters. The van der Waals surface area contributed by atoms with Gasteiger partial charge in [0.2, 0.25) is 4.96 Å². The van der Waals surface area contributed by atoms with Gasteiger partial charge >= 0.3 is 0 Å². The van der Waals surface area contributed by atoms with Crippen LogP contribution in [0.5, 0.6) is 0 Å². The highest BCUT2D eigenvalue weighted by atomic mass is 79.9. The van der Waals surface area contributed by atoms with Crippen molar-refractivity contribution < 1.29 is 4.79 Å². The quantitative estimate of drug-likeness (QED) is 0.496. The van der Waals surface area contributed by atoms with E-state index in [-0.39, 0.29) is 5.91 Å². The molecule has 0 aliphatic rings. The molecule has 5 nitrogen and oxygen atoms in total. The molecule has 1 N–H and O–H groups in total. The number of benzene rings is 2. The number of amides is 1. The molecule has 0 unspecified atom stereocenters. The van der Waals surface area contributed by atoms with Crippen molar-refractivity contribution in [1.29, 1.82) is 0 Å². The summed E-state index contributed by atoms with van der Waals surface area (Å²) in [7, 11) is 0. The van der Waals surface area contributed by atoms with Gasteiger partial charge in [0.25, 0.3) is 5.91 Å². The second-order valence-corrected chi connectivity index (χ2v) is 7.99. The average molecular weight is 441 g/mol. The largest absolute Gasteiger partial charge is 0.352 e. The van der Waals surface area contributed by atoms with Gasteiger partial charge in [-0.05, 0) is 37.3 Å². The van der Waals surface area contributed by atoms with Crippen molar-refractivity contribution in [3.63, 3.8) is 0 Å². The lowest BCUT2D eigenvalue weighted by Gasteiger charge is -2.04. The first-order chi connectivity index (χ1) is 13.1. The van der Waals surface area contributed by atoms with Crippen molar-refractivity contribution >= 4 is 38.1 Å². The maximum absolute atomic E-state index is 12.2. The highest BCUT2D eigenvalue weighted by Gasteiger charge is 2.12. The number of halogens is 1. The summed E-state index contributed by atoms with van der Waals surface area (Å²) in [6.07, 6.45) is 0.693. The molecular weight excluding hydrogens is 424 g/mol. The van der Waals surface area contributed by atoms with Crippen LogP contribution >= 0.6 is 27.3 Å². The van der Waals surface area contributed by atoms with Crippen molar-refractivity contribution in [1.82, 2.24) is 19.9 Å². The molecule has 0 aliphatic heterocycles. The predicted octanol–water partition coefficient (Wildman–Crippen LogP) is 4.50. The first-order valence-corrected chi connectivity index (χ1v) is 10.2. The summed E-state index contributed by atoms with van der Waals surface area (Å²) in [5.41, 5.74) is 3.88. The maximum atomic E-state index is 12.2. The van der Waals surface area contributed by atoms with Gasteiger partial charge in [0.05, 0.1) is 5.69 Å². The Morgan fingerprint density at radius 1 is 1.22 bits per heavy atom. The lowest BCUT2D eigenvalue weighted by Crippen LogP contribution is -2.25. The molecule has 4 rings (SSSR count). The van der Waals surface area contributed by atoms with Crippen molar-refractivity contribution in [2.24, 2.45) is 0 Å². The van der Waals surface area contributed by atoms with Gasteiger partial charge in [-0.3, -0.25) is 4.79 Å². The van der Waals surface area contributed by atoms with Gasteiger partial charge in [0, 0.05) is 33.9 Å². The third-order valence-electron chi connectivity index (χ3n) is 4.20. The van der Waals surface area contributed by atoms with E-state index in [1.54, 1.807) is 23.5 Å². The predicted molar refractivity (Wildman–Crippen MR) is 111 cm³/mol. The van der Waals surface area contributed by atoms with Gasteiger partial charge in [-0.25, -0.2) is 4.52 Å². The number of rotatable bonds is 5. The molecule has 2 aromatic heterocycles. The molecule has 0 aliphatic carbocycles. The number of hydrogen-bond donors (Lipinski definition) is 1. The first kappa shape index (κ1) is 17.9. The number of carbonyl (C=O) groups is 1. The Morgan fingerprint density at radius 2 is 2.04 bits per heavy atom. The van der Waals surface area contributed by atoms with Crippen molar-refractivity contribution in [3.05, 3.63) is 75.2 Å². The van der Waals surface area contributed by atoms with E-state index >= 15 is 0 Å². The molecule has 2 aromatic carbocycles. The van der Waals surface area contributed by atoms with Crippen LogP contribution in [0, 0.1) is 6.92 Å². The van der Waals surface area contributed by atoms with Crippen LogP contribution in [0.1, 0.15) is 21.6 Å². The van der Waals surface area contributed by atoms with Gasteiger partial charge in [-0.15, -0.1) is 16.4 Å². The Bertz CT molecular complexity index is 1100. The fourth-order valence-electron chi connectivity index (χ4n) is 2.81. The summed E-state index contributed by atoms with van der Waals surface area (Å²) in [6.45, 7) is 2.60. The van der Waals surface area contributed by atoms with Gasteiger partial charge in [-0.1, -0.05) is 39.7 Å². The summed E-state index contributed by atoms with van der Waals surface area (Å²) >= 11 is 4.93. The second kappa shape index (κ2) is 7.62. The van der Waals surface area contributed by atoms with Crippen LogP contribution < -0.4 is 5.32 Å². The smallest absolute Gasteiger partial charge is 0.251 e. The Balaban J connectivity index is 1.45. The molecule has 1 amide bonds. The molecular formula is C20H17BrN4OS. The minimum atomic E-state index is -0.0759. The monoisotopic (exact) mass is 440 g/mol. The molecule has 4 aromatic rings. The number of carbonyl (C=O) groups excluding carboxylic acids is 1. The van der Waals surface area contributed by atoms with E-state index in [0.717, 1.165) is 26.5 Å². The van der Waals surface area contributed by atoms with Gasteiger partial charge in [-0.2, -0.15) is 4.98 Å². The average Bonchev–Trinajstić information content (AvgIpc) is 3.24. The summed E-state index contributed by atoms with van der Waals surface area (Å²) in [4.78, 5) is 17.7. The summed E-state index contributed by atoms with van der Waals surface area (Å²) < 4.78 is 2.82. The van der Waals surface area contributed by atoms with Crippen LogP contribution in [0.2, 0.25) is 0 Å². The van der Waals surface area contributed by atoms with Gasteiger partial charge in [0.15, 0.2) is 5.82 Å². The van der Waals surface area contributed by atoms with Crippen LogP contribution in [-0.4, -0.2) is 27.0 Å². The van der Waals surface area contributed by atoms with E-state index in [9.17, 15) is 4.79 Å². The Kier molecular flexibility index (Phi) is 5.05. The maximum Gasteiger partial charge on any atom is 0.251 e. The minimum Gasteiger partial charge on any atom is -0.352 e. The lowest BCUT2D eigenvalue weighted by atomic mass is 10.1. The van der Waals surface area contributed by atoms with Crippen molar-refractivity contribution in [2.45, 2.75) is 13.3 Å². The zero-order valence-electron chi connectivity index (χ0n) is 14.6. The summed E-state index contributed by atoms with van der Waals surface area (Å²) in [6, 6.07) is 15.5. The molecule has 7 heteroatoms. The number of hydrogen-bond acceptors (Lipinski definition) is 4. The normalized spacial score (nSPS) is 11.0. The van der Waals surface area contributed by atoms with Crippen LogP contribution in [0.4, 0.5) is 0 Å². The van der Waals surface area contributed by atoms with Crippen LogP contribution in [0.15, 0.2) is 58.4 Å². The highest BCUT2D eigenvalue weighted by Crippen LogP contribution is 2.21. The molecule has 2 heterocycles. The van der Waals surface area contributed by atoms with Crippen molar-refractivity contribution in [3.8, 4) is 11.4 Å². The fourth-order valence-corrected chi connectivity index (χ4v) is 3.93.